The van der Waals surface area contributed by atoms with Gasteiger partial charge >= 0.3 is 0 Å². The molecular weight excluding hydrogens is 212 g/mol. The molecule has 2 aromatic rings. The van der Waals surface area contributed by atoms with E-state index in [1.165, 1.54) is 11.1 Å². The van der Waals surface area contributed by atoms with Crippen molar-refractivity contribution in [2.75, 3.05) is 0 Å². The number of aromatic hydroxyl groups is 1. The molecule has 0 spiro atoms. The minimum atomic E-state index is 0.127. The van der Waals surface area contributed by atoms with Crippen molar-refractivity contribution in [1.82, 2.24) is 9.97 Å². The van der Waals surface area contributed by atoms with Gasteiger partial charge < -0.3 is 10.1 Å². The zero-order valence-corrected chi connectivity index (χ0v) is 10.5. The molecule has 0 fully saturated rings. The molecule has 0 unspecified atom stereocenters. The van der Waals surface area contributed by atoms with Crippen LogP contribution in [0.2, 0.25) is 0 Å². The fourth-order valence-electron chi connectivity index (χ4n) is 1.93. The number of aryl methyl sites for hydroxylation is 1. The van der Waals surface area contributed by atoms with Crippen LogP contribution in [-0.2, 0) is 6.42 Å². The Bertz CT molecular complexity index is 515. The maximum absolute atomic E-state index is 9.69. The van der Waals surface area contributed by atoms with E-state index in [1.54, 1.807) is 0 Å². The van der Waals surface area contributed by atoms with Gasteiger partial charge in [-0.1, -0.05) is 43.7 Å². The van der Waals surface area contributed by atoms with Crippen molar-refractivity contribution in [3.63, 3.8) is 0 Å². The first-order chi connectivity index (χ1) is 8.06. The predicted octanol–water partition coefficient (Wildman–Crippen LogP) is 3.14. The molecule has 3 nitrogen and oxygen atoms in total. The molecule has 90 valence electrons. The number of hydrogen-bond acceptors (Lipinski definition) is 2. The first-order valence-corrected chi connectivity index (χ1v) is 5.89. The van der Waals surface area contributed by atoms with Gasteiger partial charge in [0.15, 0.2) is 0 Å². The number of aromatic amines is 1. The molecule has 0 saturated carbocycles. The van der Waals surface area contributed by atoms with Crippen LogP contribution in [-0.4, -0.2) is 15.1 Å². The van der Waals surface area contributed by atoms with E-state index in [4.69, 9.17) is 0 Å². The molecule has 2 N–H and O–H groups in total. The van der Waals surface area contributed by atoms with E-state index >= 15 is 0 Å². The smallest absolute Gasteiger partial charge is 0.232 e. The lowest BCUT2D eigenvalue weighted by atomic mass is 10.1. The van der Waals surface area contributed by atoms with Crippen molar-refractivity contribution >= 4 is 0 Å². The minimum Gasteiger partial charge on any atom is -0.492 e. The molecule has 0 amide bonds. The SMILES string of the molecule is Cc1cccc(Cc2nc(O)c(C(C)C)[nH]2)c1. The molecule has 1 heterocycles. The van der Waals surface area contributed by atoms with Crippen molar-refractivity contribution in [3.05, 3.63) is 46.9 Å². The van der Waals surface area contributed by atoms with E-state index in [0.29, 0.717) is 0 Å². The van der Waals surface area contributed by atoms with Gasteiger partial charge in [-0.05, 0) is 18.4 Å². The minimum absolute atomic E-state index is 0.127. The van der Waals surface area contributed by atoms with Gasteiger partial charge in [0.1, 0.15) is 5.82 Å². The number of nitrogens with zero attached hydrogens (tertiary/aromatic N) is 1. The third-order valence-corrected chi connectivity index (χ3v) is 2.79. The Balaban J connectivity index is 2.22. The van der Waals surface area contributed by atoms with Crippen LogP contribution in [0.3, 0.4) is 0 Å². The zero-order valence-electron chi connectivity index (χ0n) is 10.5. The van der Waals surface area contributed by atoms with E-state index in [9.17, 15) is 5.11 Å². The molecule has 0 radical (unpaired) electrons. The number of rotatable bonds is 3. The lowest BCUT2D eigenvalue weighted by molar-refractivity contribution is 0.445. The highest BCUT2D eigenvalue weighted by Gasteiger charge is 2.12. The monoisotopic (exact) mass is 230 g/mol. The largest absolute Gasteiger partial charge is 0.492 e. The van der Waals surface area contributed by atoms with Crippen LogP contribution in [0.15, 0.2) is 24.3 Å². The molecule has 17 heavy (non-hydrogen) atoms. The van der Waals surface area contributed by atoms with Gasteiger partial charge in [0.25, 0.3) is 0 Å². The number of hydrogen-bond donors (Lipinski definition) is 2. The second-order valence-electron chi connectivity index (χ2n) is 4.74. The molecule has 0 bridgehead atoms. The quantitative estimate of drug-likeness (QED) is 0.851. The summed E-state index contributed by atoms with van der Waals surface area (Å²) in [5, 5.41) is 9.69. The number of H-pyrrole nitrogens is 1. The maximum Gasteiger partial charge on any atom is 0.232 e. The molecule has 2 rings (SSSR count). The van der Waals surface area contributed by atoms with E-state index in [0.717, 1.165) is 17.9 Å². The second kappa shape index (κ2) is 4.62. The van der Waals surface area contributed by atoms with E-state index in [2.05, 4.69) is 35.1 Å². The van der Waals surface area contributed by atoms with Crippen LogP contribution in [0.1, 0.15) is 42.4 Å². The Morgan fingerprint density at radius 1 is 1.35 bits per heavy atom. The fourth-order valence-corrected chi connectivity index (χ4v) is 1.93. The van der Waals surface area contributed by atoms with Crippen LogP contribution >= 0.6 is 0 Å². The Kier molecular flexibility index (Phi) is 3.18. The van der Waals surface area contributed by atoms with Gasteiger partial charge in [-0.25, -0.2) is 0 Å². The van der Waals surface area contributed by atoms with Crippen molar-refractivity contribution in [2.24, 2.45) is 0 Å². The highest BCUT2D eigenvalue weighted by Crippen LogP contribution is 2.23. The molecular formula is C14H18N2O. The Morgan fingerprint density at radius 3 is 2.71 bits per heavy atom. The zero-order chi connectivity index (χ0) is 12.4. The average Bonchev–Trinajstić information content (AvgIpc) is 2.59. The van der Waals surface area contributed by atoms with Crippen molar-refractivity contribution < 1.29 is 5.11 Å². The Labute approximate surface area is 102 Å². The number of aromatic nitrogens is 2. The summed E-state index contributed by atoms with van der Waals surface area (Å²) in [4.78, 5) is 7.34. The molecule has 0 aliphatic carbocycles. The van der Waals surface area contributed by atoms with E-state index in [1.807, 2.05) is 19.9 Å². The first-order valence-electron chi connectivity index (χ1n) is 5.89. The summed E-state index contributed by atoms with van der Waals surface area (Å²) in [5.41, 5.74) is 3.25. The van der Waals surface area contributed by atoms with Crippen LogP contribution < -0.4 is 0 Å². The van der Waals surface area contributed by atoms with Crippen molar-refractivity contribution in [3.8, 4) is 5.88 Å². The fraction of sp³-hybridized carbons (Fsp3) is 0.357. The highest BCUT2D eigenvalue weighted by molar-refractivity contribution is 5.28. The lowest BCUT2D eigenvalue weighted by Crippen LogP contribution is -1.92. The van der Waals surface area contributed by atoms with Gasteiger partial charge in [0.2, 0.25) is 5.88 Å². The second-order valence-corrected chi connectivity index (χ2v) is 4.74. The van der Waals surface area contributed by atoms with Crippen LogP contribution in [0.4, 0.5) is 0 Å². The summed E-state index contributed by atoms with van der Waals surface area (Å²) < 4.78 is 0. The predicted molar refractivity (Wildman–Crippen MR) is 68.3 cm³/mol. The van der Waals surface area contributed by atoms with E-state index in [-0.39, 0.29) is 11.8 Å². The molecule has 1 aromatic heterocycles. The molecule has 0 atom stereocenters. The summed E-state index contributed by atoms with van der Waals surface area (Å²) in [7, 11) is 0. The Morgan fingerprint density at radius 2 is 2.12 bits per heavy atom. The van der Waals surface area contributed by atoms with Crippen molar-refractivity contribution in [2.45, 2.75) is 33.1 Å². The summed E-state index contributed by atoms with van der Waals surface area (Å²) in [6.07, 6.45) is 0.724. The van der Waals surface area contributed by atoms with Crippen LogP contribution in [0.25, 0.3) is 0 Å². The molecule has 3 heteroatoms. The Hall–Kier alpha value is -1.77. The molecule has 1 aromatic carbocycles. The van der Waals surface area contributed by atoms with Gasteiger partial charge in [-0.3, -0.25) is 0 Å². The maximum atomic E-state index is 9.69. The summed E-state index contributed by atoms with van der Waals surface area (Å²) in [5.74, 6) is 1.20. The standard InChI is InChI=1S/C14H18N2O/c1-9(2)13-14(17)16-12(15-13)8-11-6-4-5-10(3)7-11/h4-7,9,17H,8H2,1-3H3,(H,15,16). The van der Waals surface area contributed by atoms with Gasteiger partial charge in [-0.15, -0.1) is 0 Å². The van der Waals surface area contributed by atoms with Gasteiger partial charge in [-0.2, -0.15) is 4.98 Å². The number of benzene rings is 1. The topological polar surface area (TPSA) is 48.9 Å². The average molecular weight is 230 g/mol. The third-order valence-electron chi connectivity index (χ3n) is 2.79. The molecule has 0 aliphatic rings. The number of imidazole rings is 1. The highest BCUT2D eigenvalue weighted by atomic mass is 16.3. The van der Waals surface area contributed by atoms with Gasteiger partial charge in [0, 0.05) is 6.42 Å². The van der Waals surface area contributed by atoms with Crippen LogP contribution in [0, 0.1) is 6.92 Å². The molecule has 0 saturated heterocycles. The lowest BCUT2D eigenvalue weighted by Gasteiger charge is -2.01. The van der Waals surface area contributed by atoms with Crippen molar-refractivity contribution in [1.29, 1.82) is 0 Å². The summed E-state index contributed by atoms with van der Waals surface area (Å²) in [6, 6.07) is 8.32. The molecule has 0 aliphatic heterocycles. The van der Waals surface area contributed by atoms with E-state index < -0.39 is 0 Å². The third kappa shape index (κ3) is 2.67. The first kappa shape index (κ1) is 11.7. The summed E-state index contributed by atoms with van der Waals surface area (Å²) >= 11 is 0. The van der Waals surface area contributed by atoms with Gasteiger partial charge in [0.05, 0.1) is 5.69 Å². The normalized spacial score (nSPS) is 11.1. The summed E-state index contributed by atoms with van der Waals surface area (Å²) in [6.45, 7) is 6.13. The van der Waals surface area contributed by atoms with Crippen LogP contribution in [0.5, 0.6) is 5.88 Å². The number of nitrogens with one attached hydrogen (secondary N) is 1.